The molecular formula is C20H41N3. The van der Waals surface area contributed by atoms with Gasteiger partial charge in [-0.1, -0.05) is 20.8 Å². The highest BCUT2D eigenvalue weighted by Crippen LogP contribution is 2.29. The molecule has 136 valence electrons. The van der Waals surface area contributed by atoms with Crippen molar-refractivity contribution < 1.29 is 0 Å². The average Bonchev–Trinajstić information content (AvgIpc) is 2.37. The summed E-state index contributed by atoms with van der Waals surface area (Å²) in [4.78, 5) is 8.20. The molecule has 2 fully saturated rings. The minimum Gasteiger partial charge on any atom is -0.303 e. The maximum absolute atomic E-state index is 2.84. The van der Waals surface area contributed by atoms with Gasteiger partial charge in [0.15, 0.2) is 0 Å². The summed E-state index contributed by atoms with van der Waals surface area (Å²) in [5.74, 6) is 0. The van der Waals surface area contributed by atoms with Crippen molar-refractivity contribution in [3.05, 3.63) is 0 Å². The Hall–Kier alpha value is -0.120. The molecule has 2 atom stereocenters. The maximum Gasteiger partial charge on any atom is 0.0201 e. The number of likely N-dealkylation sites (tertiary alicyclic amines) is 1. The largest absolute Gasteiger partial charge is 0.303 e. The lowest BCUT2D eigenvalue weighted by Crippen LogP contribution is -2.64. The molecule has 3 nitrogen and oxygen atoms in total. The van der Waals surface area contributed by atoms with Gasteiger partial charge in [0.05, 0.1) is 0 Å². The van der Waals surface area contributed by atoms with Crippen LogP contribution in [-0.4, -0.2) is 71.1 Å². The Morgan fingerprint density at radius 2 is 1.30 bits per heavy atom. The molecule has 2 unspecified atom stereocenters. The molecule has 0 amide bonds. The van der Waals surface area contributed by atoms with Gasteiger partial charge in [-0.25, -0.2) is 0 Å². The highest BCUT2D eigenvalue weighted by molar-refractivity contribution is 4.94. The summed E-state index contributed by atoms with van der Waals surface area (Å²) < 4.78 is 0. The lowest BCUT2D eigenvalue weighted by Gasteiger charge is -2.53. The Morgan fingerprint density at radius 3 is 1.70 bits per heavy atom. The van der Waals surface area contributed by atoms with Gasteiger partial charge in [0, 0.05) is 43.3 Å². The minimum atomic E-state index is 0.296. The van der Waals surface area contributed by atoms with E-state index in [0.717, 1.165) is 6.04 Å². The van der Waals surface area contributed by atoms with Crippen molar-refractivity contribution >= 4 is 0 Å². The minimum absolute atomic E-state index is 0.296. The van der Waals surface area contributed by atoms with E-state index in [0.29, 0.717) is 23.0 Å². The normalized spacial score (nSPS) is 30.8. The Kier molecular flexibility index (Phi) is 5.86. The van der Waals surface area contributed by atoms with Crippen LogP contribution in [0.3, 0.4) is 0 Å². The Labute approximate surface area is 145 Å². The fourth-order valence-corrected chi connectivity index (χ4v) is 4.65. The summed E-state index contributed by atoms with van der Waals surface area (Å²) in [7, 11) is 0. The van der Waals surface area contributed by atoms with E-state index >= 15 is 0 Å². The molecule has 3 heteroatoms. The van der Waals surface area contributed by atoms with Crippen molar-refractivity contribution in [2.24, 2.45) is 5.41 Å². The fourth-order valence-electron chi connectivity index (χ4n) is 4.65. The van der Waals surface area contributed by atoms with Gasteiger partial charge in [0.25, 0.3) is 0 Å². The van der Waals surface area contributed by atoms with Crippen LogP contribution in [0.1, 0.15) is 68.2 Å². The molecule has 0 aromatic carbocycles. The van der Waals surface area contributed by atoms with E-state index in [1.807, 2.05) is 0 Å². The zero-order valence-corrected chi connectivity index (χ0v) is 17.0. The predicted molar refractivity (Wildman–Crippen MR) is 101 cm³/mol. The van der Waals surface area contributed by atoms with Crippen LogP contribution >= 0.6 is 0 Å². The Bertz CT molecular complexity index is 359. The van der Waals surface area contributed by atoms with Crippen LogP contribution in [0.15, 0.2) is 0 Å². The summed E-state index contributed by atoms with van der Waals surface area (Å²) >= 11 is 0. The first-order valence-electron chi connectivity index (χ1n) is 9.72. The molecule has 2 aliphatic rings. The zero-order valence-electron chi connectivity index (χ0n) is 17.0. The topological polar surface area (TPSA) is 9.72 Å². The molecule has 0 aromatic heterocycles. The molecule has 23 heavy (non-hydrogen) atoms. The van der Waals surface area contributed by atoms with Crippen molar-refractivity contribution in [3.8, 4) is 0 Å². The number of rotatable bonds is 2. The number of hydrogen-bond acceptors (Lipinski definition) is 3. The molecule has 0 saturated carbocycles. The number of piperazine rings is 1. The van der Waals surface area contributed by atoms with E-state index in [4.69, 9.17) is 0 Å². The monoisotopic (exact) mass is 323 g/mol. The quantitative estimate of drug-likeness (QED) is 0.767. The smallest absolute Gasteiger partial charge is 0.0201 e. The third kappa shape index (κ3) is 5.17. The fraction of sp³-hybridized carbons (Fsp3) is 1.00. The summed E-state index contributed by atoms with van der Waals surface area (Å²) in [5.41, 5.74) is 0.719. The standard InChI is InChI=1S/C20H41N3/c1-16-13-22(20(6,7)8)14-17(2)23(16)18-9-11-21(12-10-18)15-19(3,4)5/h16-18H,9-15H2,1-8H3. The van der Waals surface area contributed by atoms with Crippen LogP contribution in [0.4, 0.5) is 0 Å². The molecule has 0 N–H and O–H groups in total. The molecule has 2 rings (SSSR count). The van der Waals surface area contributed by atoms with E-state index in [2.05, 4.69) is 70.1 Å². The summed E-state index contributed by atoms with van der Waals surface area (Å²) in [6.45, 7) is 25.2. The molecule has 2 aliphatic heterocycles. The van der Waals surface area contributed by atoms with Crippen molar-refractivity contribution in [1.82, 2.24) is 14.7 Å². The van der Waals surface area contributed by atoms with Gasteiger partial charge in [-0.3, -0.25) is 9.80 Å². The second kappa shape index (κ2) is 7.01. The van der Waals surface area contributed by atoms with Crippen molar-refractivity contribution in [1.29, 1.82) is 0 Å². The molecule has 0 spiro atoms. The van der Waals surface area contributed by atoms with Crippen LogP contribution in [0, 0.1) is 5.41 Å². The molecule has 2 heterocycles. The highest BCUT2D eigenvalue weighted by atomic mass is 15.3. The number of nitrogens with zero attached hydrogens (tertiary/aromatic N) is 3. The molecule has 2 saturated heterocycles. The van der Waals surface area contributed by atoms with E-state index in [1.165, 1.54) is 45.6 Å². The summed E-state index contributed by atoms with van der Waals surface area (Å²) in [6, 6.07) is 2.15. The first kappa shape index (κ1) is 19.2. The molecular weight excluding hydrogens is 282 g/mol. The van der Waals surface area contributed by atoms with Crippen LogP contribution in [0.5, 0.6) is 0 Å². The van der Waals surface area contributed by atoms with Gasteiger partial charge in [0.1, 0.15) is 0 Å². The van der Waals surface area contributed by atoms with E-state index < -0.39 is 0 Å². The van der Waals surface area contributed by atoms with Gasteiger partial charge >= 0.3 is 0 Å². The third-order valence-corrected chi connectivity index (χ3v) is 5.61. The Morgan fingerprint density at radius 1 is 0.826 bits per heavy atom. The molecule has 0 radical (unpaired) electrons. The second-order valence-corrected chi connectivity index (χ2v) is 10.3. The first-order chi connectivity index (χ1) is 10.5. The summed E-state index contributed by atoms with van der Waals surface area (Å²) in [5, 5.41) is 0. The maximum atomic E-state index is 2.84. The average molecular weight is 324 g/mol. The number of piperidine rings is 1. The van der Waals surface area contributed by atoms with Crippen LogP contribution < -0.4 is 0 Å². The lowest BCUT2D eigenvalue weighted by molar-refractivity contribution is -0.0434. The number of hydrogen-bond donors (Lipinski definition) is 0. The van der Waals surface area contributed by atoms with Crippen LogP contribution in [-0.2, 0) is 0 Å². The van der Waals surface area contributed by atoms with Crippen molar-refractivity contribution in [3.63, 3.8) is 0 Å². The summed E-state index contributed by atoms with van der Waals surface area (Å²) in [6.07, 6.45) is 2.69. The predicted octanol–water partition coefficient (Wildman–Crippen LogP) is 3.69. The van der Waals surface area contributed by atoms with Gasteiger partial charge in [0.2, 0.25) is 0 Å². The molecule has 0 aliphatic carbocycles. The highest BCUT2D eigenvalue weighted by Gasteiger charge is 2.38. The SMILES string of the molecule is CC1CN(C(C)(C)C)CC(C)N1C1CCN(CC(C)(C)C)CC1. The van der Waals surface area contributed by atoms with Crippen LogP contribution in [0.25, 0.3) is 0 Å². The van der Waals surface area contributed by atoms with Gasteiger partial charge in [-0.05, 0) is 66.0 Å². The third-order valence-electron chi connectivity index (χ3n) is 5.61. The lowest BCUT2D eigenvalue weighted by atomic mass is 9.92. The molecule has 0 bridgehead atoms. The van der Waals surface area contributed by atoms with Crippen molar-refractivity contribution in [2.45, 2.75) is 91.9 Å². The van der Waals surface area contributed by atoms with E-state index in [1.54, 1.807) is 0 Å². The molecule has 0 aromatic rings. The Balaban J connectivity index is 1.91. The van der Waals surface area contributed by atoms with E-state index in [-0.39, 0.29) is 0 Å². The van der Waals surface area contributed by atoms with Crippen molar-refractivity contribution in [2.75, 3.05) is 32.7 Å². The van der Waals surface area contributed by atoms with Gasteiger partial charge in [-0.15, -0.1) is 0 Å². The van der Waals surface area contributed by atoms with E-state index in [9.17, 15) is 0 Å². The van der Waals surface area contributed by atoms with Gasteiger partial charge in [-0.2, -0.15) is 0 Å². The first-order valence-corrected chi connectivity index (χ1v) is 9.72. The van der Waals surface area contributed by atoms with Gasteiger partial charge < -0.3 is 4.90 Å². The zero-order chi connectivity index (χ0) is 17.4. The van der Waals surface area contributed by atoms with Crippen LogP contribution in [0.2, 0.25) is 0 Å². The second-order valence-electron chi connectivity index (χ2n) is 10.3.